The molecule has 1 N–H and O–H groups in total. The predicted octanol–water partition coefficient (Wildman–Crippen LogP) is 3.50. The molecule has 0 radical (unpaired) electrons. The summed E-state index contributed by atoms with van der Waals surface area (Å²) in [5.41, 5.74) is 1.31. The molecule has 82 valence electrons. The molecule has 0 spiro atoms. The molecule has 1 aliphatic heterocycles. The molecule has 2 unspecified atom stereocenters. The van der Waals surface area contributed by atoms with Crippen LogP contribution in [-0.2, 0) is 0 Å². The van der Waals surface area contributed by atoms with Gasteiger partial charge in [-0.2, -0.15) is 11.8 Å². The van der Waals surface area contributed by atoms with E-state index in [1.54, 1.807) is 0 Å². The lowest BCUT2D eigenvalue weighted by Crippen LogP contribution is -2.30. The Hall–Kier alpha value is -0.180. The van der Waals surface area contributed by atoms with Gasteiger partial charge in [0, 0.05) is 22.9 Å². The number of rotatable bonds is 1. The van der Waals surface area contributed by atoms with Gasteiger partial charge in [-0.3, -0.25) is 0 Å². The SMILES string of the molecule is CC1CCSCC(c2cccc(Cl)c2)N1. The van der Waals surface area contributed by atoms with Crippen LogP contribution >= 0.6 is 23.4 Å². The molecule has 1 saturated heterocycles. The summed E-state index contributed by atoms with van der Waals surface area (Å²) in [5, 5.41) is 4.47. The summed E-state index contributed by atoms with van der Waals surface area (Å²) in [6, 6.07) is 9.23. The lowest BCUT2D eigenvalue weighted by Gasteiger charge is -2.19. The lowest BCUT2D eigenvalue weighted by atomic mass is 10.1. The molecule has 15 heavy (non-hydrogen) atoms. The second-order valence-electron chi connectivity index (χ2n) is 4.04. The Morgan fingerprint density at radius 1 is 1.47 bits per heavy atom. The minimum Gasteiger partial charge on any atom is -0.307 e. The molecule has 0 bridgehead atoms. The average molecular weight is 242 g/mol. The van der Waals surface area contributed by atoms with E-state index in [-0.39, 0.29) is 0 Å². The Balaban J connectivity index is 2.14. The first-order valence-corrected chi connectivity index (χ1v) is 6.88. The number of hydrogen-bond donors (Lipinski definition) is 1. The summed E-state index contributed by atoms with van der Waals surface area (Å²) in [5.74, 6) is 2.40. The van der Waals surface area contributed by atoms with Crippen molar-refractivity contribution in [3.05, 3.63) is 34.9 Å². The molecule has 1 fully saturated rings. The standard InChI is InChI=1S/C12H16ClNS/c1-9-5-6-15-8-12(14-9)10-3-2-4-11(13)7-10/h2-4,7,9,12,14H,5-6,8H2,1H3. The Bertz CT molecular complexity index is 329. The summed E-state index contributed by atoms with van der Waals surface area (Å²) in [7, 11) is 0. The van der Waals surface area contributed by atoms with Crippen LogP contribution in [0.4, 0.5) is 0 Å². The summed E-state index contributed by atoms with van der Waals surface area (Å²) >= 11 is 8.03. The maximum absolute atomic E-state index is 6.01. The first-order chi connectivity index (χ1) is 7.25. The van der Waals surface area contributed by atoms with Gasteiger partial charge in [-0.05, 0) is 36.8 Å². The van der Waals surface area contributed by atoms with Gasteiger partial charge in [0.25, 0.3) is 0 Å². The number of nitrogens with one attached hydrogen (secondary N) is 1. The van der Waals surface area contributed by atoms with Gasteiger partial charge in [0.2, 0.25) is 0 Å². The van der Waals surface area contributed by atoms with Gasteiger partial charge in [-0.1, -0.05) is 23.7 Å². The Morgan fingerprint density at radius 3 is 3.13 bits per heavy atom. The van der Waals surface area contributed by atoms with E-state index in [1.807, 2.05) is 23.9 Å². The second-order valence-corrected chi connectivity index (χ2v) is 5.63. The minimum absolute atomic E-state index is 0.450. The van der Waals surface area contributed by atoms with E-state index < -0.39 is 0 Å². The number of halogens is 1. The molecule has 1 heterocycles. The van der Waals surface area contributed by atoms with E-state index in [9.17, 15) is 0 Å². The second kappa shape index (κ2) is 5.24. The van der Waals surface area contributed by atoms with Gasteiger partial charge in [-0.15, -0.1) is 0 Å². The summed E-state index contributed by atoms with van der Waals surface area (Å²) in [6.45, 7) is 2.25. The zero-order valence-corrected chi connectivity index (χ0v) is 10.4. The molecule has 2 atom stereocenters. The van der Waals surface area contributed by atoms with Crippen molar-refractivity contribution >= 4 is 23.4 Å². The third kappa shape index (κ3) is 3.13. The quantitative estimate of drug-likeness (QED) is 0.808. The van der Waals surface area contributed by atoms with E-state index in [4.69, 9.17) is 11.6 Å². The highest BCUT2D eigenvalue weighted by atomic mass is 35.5. The fraction of sp³-hybridized carbons (Fsp3) is 0.500. The molecular weight excluding hydrogens is 226 g/mol. The summed E-state index contributed by atoms with van der Waals surface area (Å²) < 4.78 is 0. The van der Waals surface area contributed by atoms with Crippen LogP contribution in [0.15, 0.2) is 24.3 Å². The number of thioether (sulfide) groups is 1. The average Bonchev–Trinajstić information content (AvgIpc) is 2.43. The van der Waals surface area contributed by atoms with Crippen LogP contribution in [0, 0.1) is 0 Å². The van der Waals surface area contributed by atoms with Crippen LogP contribution in [0.2, 0.25) is 5.02 Å². The van der Waals surface area contributed by atoms with E-state index in [0.29, 0.717) is 12.1 Å². The minimum atomic E-state index is 0.450. The summed E-state index contributed by atoms with van der Waals surface area (Å²) in [4.78, 5) is 0. The molecule has 3 heteroatoms. The van der Waals surface area contributed by atoms with Gasteiger partial charge in [0.15, 0.2) is 0 Å². The van der Waals surface area contributed by atoms with Gasteiger partial charge in [-0.25, -0.2) is 0 Å². The van der Waals surface area contributed by atoms with Crippen molar-refractivity contribution in [3.8, 4) is 0 Å². The topological polar surface area (TPSA) is 12.0 Å². The highest BCUT2D eigenvalue weighted by Gasteiger charge is 2.17. The van der Waals surface area contributed by atoms with Crippen LogP contribution < -0.4 is 5.32 Å². The van der Waals surface area contributed by atoms with Gasteiger partial charge < -0.3 is 5.32 Å². The maximum Gasteiger partial charge on any atom is 0.0414 e. The molecule has 1 aromatic carbocycles. The van der Waals surface area contributed by atoms with E-state index >= 15 is 0 Å². The fourth-order valence-electron chi connectivity index (χ4n) is 1.85. The van der Waals surface area contributed by atoms with Crippen LogP contribution in [0.5, 0.6) is 0 Å². The van der Waals surface area contributed by atoms with Gasteiger partial charge in [0.05, 0.1) is 0 Å². The molecule has 2 rings (SSSR count). The van der Waals surface area contributed by atoms with Crippen molar-refractivity contribution < 1.29 is 0 Å². The monoisotopic (exact) mass is 241 g/mol. The molecule has 1 nitrogen and oxygen atoms in total. The number of hydrogen-bond acceptors (Lipinski definition) is 2. The molecule has 0 aromatic heterocycles. The van der Waals surface area contributed by atoms with Crippen molar-refractivity contribution in [2.45, 2.75) is 25.4 Å². The third-order valence-corrected chi connectivity index (χ3v) is 4.04. The van der Waals surface area contributed by atoms with E-state index in [0.717, 1.165) is 10.8 Å². The van der Waals surface area contributed by atoms with Crippen LogP contribution in [0.25, 0.3) is 0 Å². The highest BCUT2D eigenvalue weighted by molar-refractivity contribution is 7.99. The smallest absolute Gasteiger partial charge is 0.0414 e. The maximum atomic E-state index is 6.01. The van der Waals surface area contributed by atoms with Crippen molar-refractivity contribution in [1.29, 1.82) is 0 Å². The summed E-state index contributed by atoms with van der Waals surface area (Å²) in [6.07, 6.45) is 1.25. The van der Waals surface area contributed by atoms with Crippen LogP contribution in [0.3, 0.4) is 0 Å². The number of benzene rings is 1. The normalized spacial score (nSPS) is 27.3. The predicted molar refractivity (Wildman–Crippen MR) is 68.7 cm³/mol. The molecule has 0 amide bonds. The molecule has 1 aromatic rings. The lowest BCUT2D eigenvalue weighted by molar-refractivity contribution is 0.485. The zero-order chi connectivity index (χ0) is 10.7. The molecule has 0 aliphatic carbocycles. The molecule has 0 saturated carbocycles. The Labute approximate surface area is 101 Å². The van der Waals surface area contributed by atoms with Crippen molar-refractivity contribution in [2.75, 3.05) is 11.5 Å². The van der Waals surface area contributed by atoms with Crippen molar-refractivity contribution in [2.24, 2.45) is 0 Å². The zero-order valence-electron chi connectivity index (χ0n) is 8.87. The van der Waals surface area contributed by atoms with Crippen LogP contribution in [-0.4, -0.2) is 17.5 Å². The Kier molecular flexibility index (Phi) is 3.95. The van der Waals surface area contributed by atoms with Gasteiger partial charge in [0.1, 0.15) is 0 Å². The van der Waals surface area contributed by atoms with Gasteiger partial charge >= 0.3 is 0 Å². The van der Waals surface area contributed by atoms with Crippen molar-refractivity contribution in [3.63, 3.8) is 0 Å². The van der Waals surface area contributed by atoms with Crippen molar-refractivity contribution in [1.82, 2.24) is 5.32 Å². The van der Waals surface area contributed by atoms with E-state index in [1.165, 1.54) is 17.7 Å². The fourth-order valence-corrected chi connectivity index (χ4v) is 3.26. The Morgan fingerprint density at radius 2 is 2.33 bits per heavy atom. The highest BCUT2D eigenvalue weighted by Crippen LogP contribution is 2.25. The van der Waals surface area contributed by atoms with E-state index in [2.05, 4.69) is 24.4 Å². The molecule has 1 aliphatic rings. The third-order valence-electron chi connectivity index (χ3n) is 2.72. The van der Waals surface area contributed by atoms with Crippen LogP contribution in [0.1, 0.15) is 24.9 Å². The largest absolute Gasteiger partial charge is 0.307 e. The first kappa shape index (κ1) is 11.3. The first-order valence-electron chi connectivity index (χ1n) is 5.35. The molecular formula is C12H16ClNS.